The summed E-state index contributed by atoms with van der Waals surface area (Å²) in [7, 11) is 1.65. The van der Waals surface area contributed by atoms with Crippen molar-refractivity contribution >= 4 is 52.6 Å². The van der Waals surface area contributed by atoms with Crippen molar-refractivity contribution in [3.05, 3.63) is 45.1 Å². The summed E-state index contributed by atoms with van der Waals surface area (Å²) in [6.07, 6.45) is -4.44. The third kappa shape index (κ3) is 6.07. The zero-order chi connectivity index (χ0) is 22.8. The lowest BCUT2D eigenvalue weighted by atomic mass is 10.1. The van der Waals surface area contributed by atoms with Gasteiger partial charge in [0.05, 0.1) is 17.6 Å². The fourth-order valence-corrected chi connectivity index (χ4v) is 4.40. The van der Waals surface area contributed by atoms with Gasteiger partial charge in [0.1, 0.15) is 16.9 Å². The monoisotopic (exact) mass is 497 g/mol. The third-order valence-electron chi connectivity index (χ3n) is 4.30. The van der Waals surface area contributed by atoms with Crippen molar-refractivity contribution in [2.75, 3.05) is 12.4 Å². The number of nitrogens with one attached hydrogen (secondary N) is 3. The van der Waals surface area contributed by atoms with Gasteiger partial charge in [-0.05, 0) is 31.7 Å². The summed E-state index contributed by atoms with van der Waals surface area (Å²) < 4.78 is 55.6. The van der Waals surface area contributed by atoms with Crippen LogP contribution in [-0.4, -0.2) is 40.2 Å². The molecular formula is C17H16ClF4N5O2S2. The maximum Gasteiger partial charge on any atom is 0.434 e. The van der Waals surface area contributed by atoms with Gasteiger partial charge < -0.3 is 10.6 Å². The number of carbonyl (C=O) groups excluding carboxylic acids is 2. The van der Waals surface area contributed by atoms with E-state index in [1.54, 1.807) is 11.4 Å². The predicted octanol–water partition coefficient (Wildman–Crippen LogP) is 3.43. The van der Waals surface area contributed by atoms with Gasteiger partial charge >= 0.3 is 6.18 Å². The Morgan fingerprint density at radius 3 is 2.74 bits per heavy atom. The molecule has 1 saturated heterocycles. The first-order valence-electron chi connectivity index (χ1n) is 8.75. The van der Waals surface area contributed by atoms with Crippen LogP contribution in [0.1, 0.15) is 17.1 Å². The molecule has 1 aliphatic heterocycles. The number of amides is 2. The number of alkyl halides is 3. The lowest BCUT2D eigenvalue weighted by Crippen LogP contribution is -2.53. The predicted molar refractivity (Wildman–Crippen MR) is 110 cm³/mol. The maximum absolute atomic E-state index is 13.3. The van der Waals surface area contributed by atoms with E-state index in [9.17, 15) is 27.2 Å². The number of anilines is 1. The van der Waals surface area contributed by atoms with Crippen molar-refractivity contribution in [1.82, 2.24) is 19.3 Å². The first-order chi connectivity index (χ1) is 14.5. The fourth-order valence-electron chi connectivity index (χ4n) is 2.67. The van der Waals surface area contributed by atoms with Gasteiger partial charge in [0.2, 0.25) is 11.8 Å². The number of hydrogen-bond acceptors (Lipinski definition) is 7. The summed E-state index contributed by atoms with van der Waals surface area (Å²) in [5, 5.41) is 6.01. The van der Waals surface area contributed by atoms with Crippen molar-refractivity contribution in [1.29, 1.82) is 0 Å². The topological polar surface area (TPSA) is 86.4 Å². The minimum absolute atomic E-state index is 0.0990. The van der Waals surface area contributed by atoms with Gasteiger partial charge in [-0.15, -0.1) is 11.3 Å². The molecule has 2 heterocycles. The molecule has 3 rings (SSSR count). The summed E-state index contributed by atoms with van der Waals surface area (Å²) >= 11 is 7.56. The van der Waals surface area contributed by atoms with Gasteiger partial charge in [0, 0.05) is 23.2 Å². The minimum Gasteiger partial charge on any atom is -0.348 e. The van der Waals surface area contributed by atoms with Crippen LogP contribution in [0.5, 0.6) is 0 Å². The van der Waals surface area contributed by atoms with E-state index in [-0.39, 0.29) is 23.0 Å². The number of thiazole rings is 1. The summed E-state index contributed by atoms with van der Waals surface area (Å²) in [4.78, 5) is 28.5. The van der Waals surface area contributed by atoms with E-state index >= 15 is 0 Å². The Morgan fingerprint density at radius 2 is 2.10 bits per heavy atom. The van der Waals surface area contributed by atoms with Gasteiger partial charge in [-0.2, -0.15) is 13.2 Å². The maximum atomic E-state index is 13.3. The van der Waals surface area contributed by atoms with Gasteiger partial charge in [-0.1, -0.05) is 11.6 Å². The number of nitrogens with zero attached hydrogens (tertiary/aromatic N) is 2. The molecule has 2 amide bonds. The van der Waals surface area contributed by atoms with Gasteiger partial charge in [-0.3, -0.25) is 9.59 Å². The minimum atomic E-state index is -4.54. The highest BCUT2D eigenvalue weighted by molar-refractivity contribution is 7.95. The molecule has 0 bridgehead atoms. The van der Waals surface area contributed by atoms with Crippen LogP contribution >= 0.6 is 35.1 Å². The molecule has 1 aromatic heterocycles. The summed E-state index contributed by atoms with van der Waals surface area (Å²) in [5.74, 6) is -1.52. The number of likely N-dealkylation sites (N-methyl/N-ethyl adjacent to an activating group) is 1. The molecule has 2 unspecified atom stereocenters. The van der Waals surface area contributed by atoms with Crippen LogP contribution < -0.4 is 15.4 Å². The first kappa shape index (κ1) is 23.7. The van der Waals surface area contributed by atoms with Crippen molar-refractivity contribution in [2.24, 2.45) is 0 Å². The van der Waals surface area contributed by atoms with E-state index in [1.807, 2.05) is 0 Å². The SMILES string of the molecule is CN1SNC(C(=O)NCc2nc(C(F)(F)F)cs2)CC1C(=O)Nc1ccc(F)c(Cl)c1. The van der Waals surface area contributed by atoms with Crippen LogP contribution in [0.4, 0.5) is 23.2 Å². The second-order valence-electron chi connectivity index (χ2n) is 6.52. The highest BCUT2D eigenvalue weighted by atomic mass is 35.5. The Morgan fingerprint density at radius 1 is 1.35 bits per heavy atom. The summed E-state index contributed by atoms with van der Waals surface area (Å²) in [5.41, 5.74) is -0.703. The number of benzene rings is 1. The molecular weight excluding hydrogens is 482 g/mol. The molecule has 1 aromatic carbocycles. The fraction of sp³-hybridized carbons (Fsp3) is 0.353. The largest absolute Gasteiger partial charge is 0.434 e. The second kappa shape index (κ2) is 9.69. The van der Waals surface area contributed by atoms with Crippen LogP contribution in [0.25, 0.3) is 0 Å². The molecule has 1 aliphatic rings. The molecule has 3 N–H and O–H groups in total. The molecule has 31 heavy (non-hydrogen) atoms. The smallest absolute Gasteiger partial charge is 0.348 e. The average Bonchev–Trinajstić information content (AvgIpc) is 3.19. The molecule has 1 fully saturated rings. The van der Waals surface area contributed by atoms with Crippen LogP contribution in [-0.2, 0) is 22.3 Å². The van der Waals surface area contributed by atoms with E-state index < -0.39 is 41.6 Å². The van der Waals surface area contributed by atoms with Crippen molar-refractivity contribution in [2.45, 2.75) is 31.2 Å². The summed E-state index contributed by atoms with van der Waals surface area (Å²) in [6, 6.07) is 2.29. The van der Waals surface area contributed by atoms with Gasteiger partial charge in [0.25, 0.3) is 0 Å². The van der Waals surface area contributed by atoms with E-state index in [4.69, 9.17) is 11.6 Å². The van der Waals surface area contributed by atoms with E-state index in [2.05, 4.69) is 20.3 Å². The molecule has 7 nitrogen and oxygen atoms in total. The number of carbonyl (C=O) groups is 2. The second-order valence-corrected chi connectivity index (χ2v) is 8.86. The van der Waals surface area contributed by atoms with Crippen molar-refractivity contribution < 1.29 is 27.2 Å². The average molecular weight is 498 g/mol. The number of aromatic nitrogens is 1. The van der Waals surface area contributed by atoms with Gasteiger partial charge in [-0.25, -0.2) is 18.4 Å². The third-order valence-corrected chi connectivity index (χ3v) is 6.37. The molecule has 2 atom stereocenters. The lowest BCUT2D eigenvalue weighted by Gasteiger charge is -2.34. The summed E-state index contributed by atoms with van der Waals surface area (Å²) in [6.45, 7) is -0.163. The van der Waals surface area contributed by atoms with Crippen LogP contribution in [0.15, 0.2) is 23.6 Å². The Hall–Kier alpha value is -1.93. The quantitative estimate of drug-likeness (QED) is 0.433. The normalized spacial score (nSPS) is 19.8. The van der Waals surface area contributed by atoms with Gasteiger partial charge in [0.15, 0.2) is 5.69 Å². The highest BCUT2D eigenvalue weighted by Gasteiger charge is 2.36. The molecule has 0 spiro atoms. The van der Waals surface area contributed by atoms with Crippen LogP contribution in [0, 0.1) is 5.82 Å². The van der Waals surface area contributed by atoms with E-state index in [1.165, 1.54) is 12.1 Å². The van der Waals surface area contributed by atoms with Crippen molar-refractivity contribution in [3.8, 4) is 0 Å². The first-order valence-corrected chi connectivity index (χ1v) is 10.8. The molecule has 2 aromatic rings. The molecule has 168 valence electrons. The number of halogens is 5. The Kier molecular flexibility index (Phi) is 7.42. The molecule has 14 heteroatoms. The van der Waals surface area contributed by atoms with E-state index in [0.717, 1.165) is 34.9 Å². The Bertz CT molecular complexity index is 974. The van der Waals surface area contributed by atoms with Crippen molar-refractivity contribution in [3.63, 3.8) is 0 Å². The zero-order valence-electron chi connectivity index (χ0n) is 15.8. The Labute approximate surface area is 187 Å². The number of hydrogen-bond donors (Lipinski definition) is 3. The Balaban J connectivity index is 1.57. The van der Waals surface area contributed by atoms with E-state index in [0.29, 0.717) is 5.69 Å². The zero-order valence-corrected chi connectivity index (χ0v) is 18.2. The van der Waals surface area contributed by atoms with Crippen LogP contribution in [0.3, 0.4) is 0 Å². The molecule has 0 radical (unpaired) electrons. The molecule has 0 aliphatic carbocycles. The highest BCUT2D eigenvalue weighted by Crippen LogP contribution is 2.30. The number of rotatable bonds is 5. The standard InChI is InChI=1S/C17H16ClF4N5O2S2/c1-27-12(16(29)24-8-2-3-10(19)9(18)4-8)5-11(26-31-27)15(28)23-6-14-25-13(7-30-14)17(20,21)22/h2-4,7,11-12,26H,5-6H2,1H3,(H,23,28)(H,24,29). The molecule has 0 saturated carbocycles. The van der Waals surface area contributed by atoms with Crippen LogP contribution in [0.2, 0.25) is 5.02 Å². The lowest BCUT2D eigenvalue weighted by molar-refractivity contribution is -0.140.